The fourth-order valence-corrected chi connectivity index (χ4v) is 4.14. The zero-order valence-electron chi connectivity index (χ0n) is 19.8. The molecule has 1 aliphatic rings. The van der Waals surface area contributed by atoms with Gasteiger partial charge in [0.15, 0.2) is 0 Å². The second-order valence-corrected chi connectivity index (χ2v) is 10.1. The molecule has 1 saturated heterocycles. The van der Waals surface area contributed by atoms with Crippen molar-refractivity contribution in [2.24, 2.45) is 0 Å². The van der Waals surface area contributed by atoms with E-state index in [2.05, 4.69) is 16.0 Å². The van der Waals surface area contributed by atoms with Crippen LogP contribution in [0.3, 0.4) is 0 Å². The summed E-state index contributed by atoms with van der Waals surface area (Å²) >= 11 is 10.8. The van der Waals surface area contributed by atoms with E-state index in [1.54, 1.807) is 25.7 Å². The summed E-state index contributed by atoms with van der Waals surface area (Å²) < 4.78 is 5.21. The molecule has 2 rings (SSSR count). The zero-order valence-corrected chi connectivity index (χ0v) is 21.4. The summed E-state index contributed by atoms with van der Waals surface area (Å²) in [6.07, 6.45) is 0.262. The number of likely N-dealkylation sites (tertiary alicyclic amines) is 1. The molecule has 0 aliphatic carbocycles. The van der Waals surface area contributed by atoms with Gasteiger partial charge in [0.1, 0.15) is 23.2 Å². The number of benzene rings is 1. The van der Waals surface area contributed by atoms with Crippen LogP contribution in [-0.4, -0.2) is 74.8 Å². The van der Waals surface area contributed by atoms with Crippen LogP contribution in [0.4, 0.5) is 4.79 Å². The lowest BCUT2D eigenvalue weighted by Gasteiger charge is -2.24. The summed E-state index contributed by atoms with van der Waals surface area (Å²) in [7, 11) is 0. The number of aliphatic carboxylic acids is 1. The normalized spacial score (nSPS) is 18.7. The molecule has 3 unspecified atom stereocenters. The quantitative estimate of drug-likeness (QED) is 0.371. The van der Waals surface area contributed by atoms with Crippen molar-refractivity contribution in [2.45, 2.75) is 64.3 Å². The second kappa shape index (κ2) is 12.1. The van der Waals surface area contributed by atoms with E-state index in [0.29, 0.717) is 17.8 Å². The van der Waals surface area contributed by atoms with E-state index in [1.807, 2.05) is 37.3 Å². The van der Waals surface area contributed by atoms with Gasteiger partial charge in [-0.05, 0) is 39.7 Å². The minimum absolute atomic E-state index is 0.00802. The van der Waals surface area contributed by atoms with Crippen molar-refractivity contribution in [2.75, 3.05) is 13.1 Å². The van der Waals surface area contributed by atoms with Gasteiger partial charge >= 0.3 is 12.1 Å². The van der Waals surface area contributed by atoms with Gasteiger partial charge in [-0.3, -0.25) is 9.59 Å². The zero-order chi connectivity index (χ0) is 25.5. The number of carboxylic acids is 1. The molecule has 0 saturated carbocycles. The molecule has 1 aromatic rings. The first kappa shape index (κ1) is 27.5. The SMILES string of the molecule is CC1CC(NC(=O)C(Cc2ccccc2)NC(=S)CNC(=O)OC(C)(C)C)C(=S)N1CC(=O)O. The molecular weight excluding hydrogens is 476 g/mol. The van der Waals surface area contributed by atoms with Crippen LogP contribution in [0.1, 0.15) is 39.7 Å². The number of carbonyl (C=O) groups is 3. The van der Waals surface area contributed by atoms with Crippen molar-refractivity contribution < 1.29 is 24.2 Å². The summed E-state index contributed by atoms with van der Waals surface area (Å²) in [5.41, 5.74) is 0.285. The number of amides is 2. The van der Waals surface area contributed by atoms with E-state index in [1.165, 1.54) is 0 Å². The first-order valence-corrected chi connectivity index (χ1v) is 11.8. The number of ether oxygens (including phenoxy) is 1. The molecule has 9 nitrogen and oxygen atoms in total. The van der Waals surface area contributed by atoms with Crippen molar-refractivity contribution in [3.63, 3.8) is 0 Å². The maximum atomic E-state index is 13.2. The van der Waals surface area contributed by atoms with Crippen molar-refractivity contribution in [3.05, 3.63) is 35.9 Å². The van der Waals surface area contributed by atoms with Gasteiger partial charge in [0.05, 0.1) is 17.6 Å². The molecule has 0 radical (unpaired) electrons. The van der Waals surface area contributed by atoms with Crippen LogP contribution in [0, 0.1) is 0 Å². The van der Waals surface area contributed by atoms with E-state index in [-0.39, 0.29) is 30.0 Å². The highest BCUT2D eigenvalue weighted by Crippen LogP contribution is 2.20. The number of nitrogens with zero attached hydrogens (tertiary/aromatic N) is 1. The lowest BCUT2D eigenvalue weighted by molar-refractivity contribution is -0.137. The Morgan fingerprint density at radius 2 is 1.88 bits per heavy atom. The molecule has 4 N–H and O–H groups in total. The summed E-state index contributed by atoms with van der Waals surface area (Å²) in [6, 6.07) is 8.17. The monoisotopic (exact) mass is 508 g/mol. The summed E-state index contributed by atoms with van der Waals surface area (Å²) in [5, 5.41) is 17.7. The fourth-order valence-electron chi connectivity index (χ4n) is 3.53. The Hall–Kier alpha value is -2.79. The average molecular weight is 509 g/mol. The van der Waals surface area contributed by atoms with Crippen LogP contribution >= 0.6 is 24.4 Å². The van der Waals surface area contributed by atoms with E-state index in [0.717, 1.165) is 5.56 Å². The molecule has 1 heterocycles. The van der Waals surface area contributed by atoms with E-state index in [4.69, 9.17) is 34.3 Å². The molecule has 1 aromatic carbocycles. The van der Waals surface area contributed by atoms with Gasteiger partial charge < -0.3 is 30.7 Å². The number of alkyl carbamates (subject to hydrolysis) is 1. The topological polar surface area (TPSA) is 120 Å². The van der Waals surface area contributed by atoms with Gasteiger partial charge in [-0.15, -0.1) is 0 Å². The summed E-state index contributed by atoms with van der Waals surface area (Å²) in [6.45, 7) is 6.95. The Bertz CT molecular complexity index is 920. The Morgan fingerprint density at radius 1 is 1.24 bits per heavy atom. The molecule has 0 bridgehead atoms. The van der Waals surface area contributed by atoms with Crippen LogP contribution in [0.2, 0.25) is 0 Å². The third-order valence-corrected chi connectivity index (χ3v) is 5.82. The Balaban J connectivity index is 2.04. The Kier molecular flexibility index (Phi) is 9.75. The number of rotatable bonds is 9. The van der Waals surface area contributed by atoms with Crippen molar-refractivity contribution >= 4 is 52.4 Å². The molecule has 1 aliphatic heterocycles. The molecule has 0 aromatic heterocycles. The highest BCUT2D eigenvalue weighted by molar-refractivity contribution is 7.80. The van der Waals surface area contributed by atoms with E-state index >= 15 is 0 Å². The molecule has 34 heavy (non-hydrogen) atoms. The van der Waals surface area contributed by atoms with Crippen LogP contribution in [0.5, 0.6) is 0 Å². The molecular formula is C23H32N4O5S2. The van der Waals surface area contributed by atoms with Crippen LogP contribution in [0.25, 0.3) is 0 Å². The predicted molar refractivity (Wildman–Crippen MR) is 137 cm³/mol. The summed E-state index contributed by atoms with van der Waals surface area (Å²) in [5.74, 6) is -1.30. The van der Waals surface area contributed by atoms with E-state index < -0.39 is 29.7 Å². The first-order chi connectivity index (χ1) is 15.9. The lowest BCUT2D eigenvalue weighted by atomic mass is 10.0. The highest BCUT2D eigenvalue weighted by Gasteiger charge is 2.36. The Morgan fingerprint density at radius 3 is 2.47 bits per heavy atom. The first-order valence-electron chi connectivity index (χ1n) is 11.0. The maximum absolute atomic E-state index is 13.2. The van der Waals surface area contributed by atoms with Crippen molar-refractivity contribution in [1.29, 1.82) is 0 Å². The van der Waals surface area contributed by atoms with Crippen LogP contribution in [-0.2, 0) is 20.7 Å². The number of carboxylic acid groups (broad SMARTS) is 1. The average Bonchev–Trinajstić information content (AvgIpc) is 2.98. The number of carbonyl (C=O) groups excluding carboxylic acids is 2. The largest absolute Gasteiger partial charge is 0.480 e. The molecule has 1 fully saturated rings. The highest BCUT2D eigenvalue weighted by atomic mass is 32.1. The van der Waals surface area contributed by atoms with Crippen molar-refractivity contribution in [1.82, 2.24) is 20.9 Å². The standard InChI is InChI=1S/C23H32N4O5S2/c1-14-10-17(21(34)27(14)13-19(28)29)26-20(30)16(11-15-8-6-5-7-9-15)25-18(33)12-24-22(31)32-23(2,3)4/h5-9,14,16-17H,10-13H2,1-4H3,(H,24,31)(H,25,33)(H,26,30)(H,28,29). The third kappa shape index (κ3) is 8.86. The second-order valence-electron chi connectivity index (χ2n) is 9.17. The van der Waals surface area contributed by atoms with Gasteiger partial charge in [-0.1, -0.05) is 54.8 Å². The van der Waals surface area contributed by atoms with Gasteiger partial charge in [0.2, 0.25) is 5.91 Å². The summed E-state index contributed by atoms with van der Waals surface area (Å²) in [4.78, 5) is 38.5. The molecule has 0 spiro atoms. The number of hydrogen-bond donors (Lipinski definition) is 4. The lowest BCUT2D eigenvalue weighted by Crippen LogP contribution is -2.53. The minimum atomic E-state index is -0.979. The maximum Gasteiger partial charge on any atom is 0.408 e. The smallest absolute Gasteiger partial charge is 0.408 e. The molecule has 3 atom stereocenters. The number of thiocarbonyl (C=S) groups is 2. The van der Waals surface area contributed by atoms with Gasteiger partial charge in [0.25, 0.3) is 0 Å². The molecule has 11 heteroatoms. The minimum Gasteiger partial charge on any atom is -0.480 e. The van der Waals surface area contributed by atoms with E-state index in [9.17, 15) is 14.4 Å². The van der Waals surface area contributed by atoms with Gasteiger partial charge in [-0.25, -0.2) is 4.79 Å². The molecule has 2 amide bonds. The predicted octanol–water partition coefficient (Wildman–Crippen LogP) is 2.03. The van der Waals surface area contributed by atoms with Crippen LogP contribution < -0.4 is 16.0 Å². The number of nitrogens with one attached hydrogen (secondary N) is 3. The van der Waals surface area contributed by atoms with Gasteiger partial charge in [0, 0.05) is 12.5 Å². The van der Waals surface area contributed by atoms with Crippen molar-refractivity contribution in [3.8, 4) is 0 Å². The third-order valence-electron chi connectivity index (χ3n) is 5.04. The fraction of sp³-hybridized carbons (Fsp3) is 0.522. The van der Waals surface area contributed by atoms with Crippen LogP contribution in [0.15, 0.2) is 30.3 Å². The van der Waals surface area contributed by atoms with Gasteiger partial charge in [-0.2, -0.15) is 0 Å². The number of hydrogen-bond acceptors (Lipinski definition) is 6. The Labute approximate surface area is 210 Å². The molecule has 186 valence electrons.